The summed E-state index contributed by atoms with van der Waals surface area (Å²) in [7, 11) is 0. The predicted octanol–water partition coefficient (Wildman–Crippen LogP) is 4.54. The summed E-state index contributed by atoms with van der Waals surface area (Å²) in [6, 6.07) is 16.2. The number of nitrogens with zero attached hydrogens (tertiary/aromatic N) is 4. The Hall–Kier alpha value is -3.46. The van der Waals surface area contributed by atoms with Crippen molar-refractivity contribution in [3.8, 4) is 22.9 Å². The zero-order valence-corrected chi connectivity index (χ0v) is 20.3. The summed E-state index contributed by atoms with van der Waals surface area (Å²) in [5.41, 5.74) is 2.12. The lowest BCUT2D eigenvalue weighted by Crippen LogP contribution is -2.44. The van der Waals surface area contributed by atoms with Crippen LogP contribution in [0.15, 0.2) is 59.9 Å². The van der Waals surface area contributed by atoms with Gasteiger partial charge in [-0.25, -0.2) is 0 Å². The first-order valence-corrected chi connectivity index (χ1v) is 13.0. The summed E-state index contributed by atoms with van der Waals surface area (Å²) in [6.07, 6.45) is 4.02. The molecule has 6 rings (SSSR count). The molecule has 1 saturated carbocycles. The number of para-hydroxylation sites is 3. The molecule has 1 aliphatic carbocycles. The van der Waals surface area contributed by atoms with Gasteiger partial charge in [-0.1, -0.05) is 42.1 Å². The van der Waals surface area contributed by atoms with E-state index in [4.69, 9.17) is 9.47 Å². The second-order valence-corrected chi connectivity index (χ2v) is 9.82. The number of aromatic amines is 1. The number of thioether (sulfide) groups is 1. The van der Waals surface area contributed by atoms with Gasteiger partial charge in [0.15, 0.2) is 28.6 Å². The van der Waals surface area contributed by atoms with Crippen LogP contribution in [-0.4, -0.2) is 62.1 Å². The number of fused-ring (bicyclic) bond motifs is 2. The van der Waals surface area contributed by atoms with E-state index < -0.39 is 0 Å². The van der Waals surface area contributed by atoms with Crippen LogP contribution in [0.25, 0.3) is 22.3 Å². The molecule has 8 nitrogen and oxygen atoms in total. The number of amides is 1. The van der Waals surface area contributed by atoms with Crippen LogP contribution in [0.1, 0.15) is 25.8 Å². The van der Waals surface area contributed by atoms with E-state index in [-0.39, 0.29) is 12.0 Å². The number of ether oxygens (including phenoxy) is 2. The first kappa shape index (κ1) is 22.0. The van der Waals surface area contributed by atoms with Crippen molar-refractivity contribution in [1.29, 1.82) is 0 Å². The number of rotatable bonds is 8. The van der Waals surface area contributed by atoms with Gasteiger partial charge in [0, 0.05) is 35.2 Å². The van der Waals surface area contributed by atoms with Gasteiger partial charge in [0.1, 0.15) is 6.61 Å². The Kier molecular flexibility index (Phi) is 5.85. The molecule has 1 aliphatic heterocycles. The van der Waals surface area contributed by atoms with E-state index in [1.165, 1.54) is 11.8 Å². The van der Waals surface area contributed by atoms with Crippen molar-refractivity contribution in [2.75, 3.05) is 25.4 Å². The van der Waals surface area contributed by atoms with E-state index in [9.17, 15) is 4.79 Å². The van der Waals surface area contributed by atoms with Crippen molar-refractivity contribution in [2.45, 2.75) is 37.1 Å². The van der Waals surface area contributed by atoms with Gasteiger partial charge in [0.25, 0.3) is 0 Å². The normalized spacial score (nSPS) is 17.0. The Morgan fingerprint density at radius 3 is 2.77 bits per heavy atom. The molecule has 1 amide bonds. The molecule has 0 bridgehead atoms. The maximum atomic E-state index is 13.1. The van der Waals surface area contributed by atoms with Gasteiger partial charge in [-0.05, 0) is 38.0 Å². The van der Waals surface area contributed by atoms with E-state index in [0.717, 1.165) is 51.8 Å². The van der Waals surface area contributed by atoms with Crippen molar-refractivity contribution < 1.29 is 14.3 Å². The molecule has 2 aromatic carbocycles. The van der Waals surface area contributed by atoms with Crippen LogP contribution in [0.2, 0.25) is 0 Å². The zero-order valence-electron chi connectivity index (χ0n) is 19.5. The number of hydrogen-bond acceptors (Lipinski definition) is 6. The molecule has 0 radical (unpaired) electrons. The summed E-state index contributed by atoms with van der Waals surface area (Å²) in [6.45, 7) is 3.51. The molecule has 1 N–H and O–H groups in total. The van der Waals surface area contributed by atoms with Crippen molar-refractivity contribution >= 4 is 28.6 Å². The van der Waals surface area contributed by atoms with Gasteiger partial charge in [-0.3, -0.25) is 9.36 Å². The zero-order chi connectivity index (χ0) is 23.8. The molecule has 3 heterocycles. The molecule has 0 spiro atoms. The number of carbonyl (C=O) groups excluding carboxylic acids is 1. The highest BCUT2D eigenvalue weighted by Gasteiger charge is 2.31. The van der Waals surface area contributed by atoms with Crippen LogP contribution in [0.5, 0.6) is 11.5 Å². The minimum Gasteiger partial charge on any atom is -0.486 e. The molecule has 2 aliphatic rings. The molecular weight excluding hydrogens is 462 g/mol. The number of hydrogen-bond donors (Lipinski definition) is 1. The molecule has 2 aromatic heterocycles. The van der Waals surface area contributed by atoms with E-state index in [1.807, 2.05) is 54.4 Å². The molecule has 0 saturated heterocycles. The standard InChI is InChI=1S/C26H27N5O3S/c1-2-30(14-18-15-33-22-9-5-6-10-23(22)34-18)24(32)16-35-26-29-28-25(31(26)17-11-12-17)20-13-27-21-8-4-3-7-19(20)21/h3-10,13,17-18,27H,2,11-12,14-16H2,1H3. The van der Waals surface area contributed by atoms with Crippen LogP contribution in [0.3, 0.4) is 0 Å². The Morgan fingerprint density at radius 1 is 1.14 bits per heavy atom. The van der Waals surface area contributed by atoms with Crippen molar-refractivity contribution in [1.82, 2.24) is 24.6 Å². The topological polar surface area (TPSA) is 85.3 Å². The first-order chi connectivity index (χ1) is 17.2. The van der Waals surface area contributed by atoms with Crippen molar-refractivity contribution in [2.24, 2.45) is 0 Å². The van der Waals surface area contributed by atoms with Gasteiger partial charge >= 0.3 is 0 Å². The molecule has 1 unspecified atom stereocenters. The van der Waals surface area contributed by atoms with E-state index >= 15 is 0 Å². The van der Waals surface area contributed by atoms with Gasteiger partial charge in [0.05, 0.1) is 12.3 Å². The lowest BCUT2D eigenvalue weighted by Gasteiger charge is -2.30. The summed E-state index contributed by atoms with van der Waals surface area (Å²) < 4.78 is 14.1. The Bertz CT molecular complexity index is 1360. The summed E-state index contributed by atoms with van der Waals surface area (Å²) in [4.78, 5) is 18.3. The van der Waals surface area contributed by atoms with Crippen LogP contribution >= 0.6 is 11.8 Å². The summed E-state index contributed by atoms with van der Waals surface area (Å²) >= 11 is 1.46. The fourth-order valence-electron chi connectivity index (χ4n) is 4.50. The fourth-order valence-corrected chi connectivity index (χ4v) is 5.41. The Labute approximate surface area is 207 Å². The van der Waals surface area contributed by atoms with Crippen molar-refractivity contribution in [3.63, 3.8) is 0 Å². The third-order valence-electron chi connectivity index (χ3n) is 6.46. The van der Waals surface area contributed by atoms with Crippen LogP contribution < -0.4 is 9.47 Å². The van der Waals surface area contributed by atoms with Crippen molar-refractivity contribution in [3.05, 3.63) is 54.7 Å². The number of nitrogens with one attached hydrogen (secondary N) is 1. The van der Waals surface area contributed by atoms with E-state index in [1.54, 1.807) is 0 Å². The monoisotopic (exact) mass is 489 g/mol. The second-order valence-electron chi connectivity index (χ2n) is 8.87. The van der Waals surface area contributed by atoms with Gasteiger partial charge < -0.3 is 19.4 Å². The van der Waals surface area contributed by atoms with Gasteiger partial charge in [-0.2, -0.15) is 0 Å². The maximum absolute atomic E-state index is 13.1. The van der Waals surface area contributed by atoms with Crippen LogP contribution in [0.4, 0.5) is 0 Å². The molecule has 180 valence electrons. The Morgan fingerprint density at radius 2 is 1.94 bits per heavy atom. The van der Waals surface area contributed by atoms with E-state index in [0.29, 0.717) is 31.5 Å². The third-order valence-corrected chi connectivity index (χ3v) is 7.39. The number of likely N-dealkylation sites (N-methyl/N-ethyl adjacent to an activating group) is 1. The largest absolute Gasteiger partial charge is 0.486 e. The predicted molar refractivity (Wildman–Crippen MR) is 135 cm³/mol. The van der Waals surface area contributed by atoms with Crippen LogP contribution in [0, 0.1) is 0 Å². The smallest absolute Gasteiger partial charge is 0.233 e. The average molecular weight is 490 g/mol. The van der Waals surface area contributed by atoms with Crippen LogP contribution in [-0.2, 0) is 4.79 Å². The average Bonchev–Trinajstić information content (AvgIpc) is 3.51. The highest BCUT2D eigenvalue weighted by molar-refractivity contribution is 7.99. The Balaban J connectivity index is 1.15. The van der Waals surface area contributed by atoms with Gasteiger partial charge in [0.2, 0.25) is 5.91 Å². The number of H-pyrrole nitrogens is 1. The molecule has 1 atom stereocenters. The fraction of sp³-hybridized carbons (Fsp3) is 0.346. The van der Waals surface area contributed by atoms with Gasteiger partial charge in [-0.15, -0.1) is 10.2 Å². The lowest BCUT2D eigenvalue weighted by molar-refractivity contribution is -0.129. The third kappa shape index (κ3) is 4.36. The highest BCUT2D eigenvalue weighted by atomic mass is 32.2. The number of aromatic nitrogens is 4. The minimum absolute atomic E-state index is 0.0546. The molecular formula is C26H27N5O3S. The number of benzene rings is 2. The molecule has 1 fully saturated rings. The summed E-state index contributed by atoms with van der Waals surface area (Å²) in [5, 5.41) is 10.9. The molecule has 9 heteroatoms. The minimum atomic E-state index is -0.192. The highest BCUT2D eigenvalue weighted by Crippen LogP contribution is 2.42. The first-order valence-electron chi connectivity index (χ1n) is 12.0. The quantitative estimate of drug-likeness (QED) is 0.366. The summed E-state index contributed by atoms with van der Waals surface area (Å²) in [5.74, 6) is 2.69. The second kappa shape index (κ2) is 9.30. The molecule has 4 aromatic rings. The maximum Gasteiger partial charge on any atom is 0.233 e. The van der Waals surface area contributed by atoms with E-state index in [2.05, 4.69) is 31.9 Å². The number of carbonyl (C=O) groups is 1. The lowest BCUT2D eigenvalue weighted by atomic mass is 10.1. The SMILES string of the molecule is CCN(CC1COc2ccccc2O1)C(=O)CSc1nnc(-c2c[nH]c3ccccc23)n1C1CC1. The molecule has 35 heavy (non-hydrogen) atoms.